The van der Waals surface area contributed by atoms with Crippen molar-refractivity contribution < 1.29 is 9.59 Å². The molecule has 2 fully saturated rings. The van der Waals surface area contributed by atoms with Crippen molar-refractivity contribution in [2.24, 2.45) is 5.73 Å². The average Bonchev–Trinajstić information content (AvgIpc) is 3.69. The second kappa shape index (κ2) is 12.3. The Kier molecular flexibility index (Phi) is 8.15. The van der Waals surface area contributed by atoms with E-state index in [0.717, 1.165) is 49.8 Å². The van der Waals surface area contributed by atoms with Gasteiger partial charge >= 0.3 is 0 Å². The van der Waals surface area contributed by atoms with Crippen molar-refractivity contribution in [2.45, 2.75) is 69.1 Å². The minimum atomic E-state index is -0.615. The maximum absolute atomic E-state index is 13.2. The van der Waals surface area contributed by atoms with Gasteiger partial charge in [-0.05, 0) is 68.7 Å². The van der Waals surface area contributed by atoms with Gasteiger partial charge in [-0.2, -0.15) is 0 Å². The molecule has 2 saturated carbocycles. The van der Waals surface area contributed by atoms with Gasteiger partial charge in [0.2, 0.25) is 5.91 Å². The number of nitrogens with zero attached hydrogens (tertiary/aromatic N) is 5. The van der Waals surface area contributed by atoms with E-state index < -0.39 is 6.04 Å². The molecule has 13 heteroatoms. The zero-order valence-electron chi connectivity index (χ0n) is 23.0. The van der Waals surface area contributed by atoms with E-state index in [1.807, 2.05) is 18.2 Å². The summed E-state index contributed by atoms with van der Waals surface area (Å²) in [6, 6.07) is 8.98. The summed E-state index contributed by atoms with van der Waals surface area (Å²) in [6.07, 6.45) is 12.5. The van der Waals surface area contributed by atoms with E-state index in [2.05, 4.69) is 36.2 Å². The van der Waals surface area contributed by atoms with Gasteiger partial charge in [-0.25, -0.2) is 14.5 Å². The van der Waals surface area contributed by atoms with Crippen LogP contribution in [-0.2, 0) is 11.2 Å². The highest BCUT2D eigenvalue weighted by atomic mass is 35.5. The first-order valence-corrected chi connectivity index (χ1v) is 14.6. The Bertz CT molecular complexity index is 1570. The maximum Gasteiger partial charge on any atom is 0.276 e. The number of amides is 2. The summed E-state index contributed by atoms with van der Waals surface area (Å²) in [6.45, 7) is 0. The first-order valence-electron chi connectivity index (χ1n) is 14.2. The van der Waals surface area contributed by atoms with Crippen LogP contribution in [0.25, 0.3) is 5.65 Å². The Balaban J connectivity index is 1.10. The molecule has 0 radical (unpaired) electrons. The van der Waals surface area contributed by atoms with Crippen molar-refractivity contribution in [1.82, 2.24) is 29.9 Å². The fourth-order valence-corrected chi connectivity index (χ4v) is 5.36. The van der Waals surface area contributed by atoms with Gasteiger partial charge < -0.3 is 27.0 Å². The van der Waals surface area contributed by atoms with E-state index in [9.17, 15) is 9.59 Å². The Hall–Kier alpha value is -4.29. The molecular weight excluding hydrogens is 556 g/mol. The molecule has 2 amide bonds. The fourth-order valence-electron chi connectivity index (χ4n) is 5.19. The second-order valence-corrected chi connectivity index (χ2v) is 11.3. The Morgan fingerprint density at radius 3 is 2.48 bits per heavy atom. The summed E-state index contributed by atoms with van der Waals surface area (Å²) in [5.74, 6) is 0.151. The number of halogens is 1. The largest absolute Gasteiger partial charge is 0.379 e. The van der Waals surface area contributed by atoms with E-state index in [1.165, 1.54) is 12.4 Å². The lowest BCUT2D eigenvalue weighted by molar-refractivity contribution is -0.123. The lowest BCUT2D eigenvalue weighted by Gasteiger charge is -2.30. The molecule has 6 N–H and O–H groups in total. The highest BCUT2D eigenvalue weighted by Crippen LogP contribution is 2.30. The monoisotopic (exact) mass is 588 g/mol. The number of fused-ring (bicyclic) bond motifs is 1. The van der Waals surface area contributed by atoms with E-state index in [1.54, 1.807) is 29.0 Å². The van der Waals surface area contributed by atoms with Crippen molar-refractivity contribution in [3.05, 3.63) is 71.5 Å². The zero-order chi connectivity index (χ0) is 29.1. The molecule has 0 bridgehead atoms. The molecule has 218 valence electrons. The molecule has 0 aliphatic heterocycles. The molecule has 4 aromatic heterocycles. The van der Waals surface area contributed by atoms with E-state index in [4.69, 9.17) is 22.4 Å². The number of hydrogen-bond acceptors (Lipinski definition) is 9. The number of anilines is 3. The number of hydrogen-bond donors (Lipinski definition) is 5. The predicted octanol–water partition coefficient (Wildman–Crippen LogP) is 3.41. The van der Waals surface area contributed by atoms with Crippen LogP contribution in [0.2, 0.25) is 5.15 Å². The first kappa shape index (κ1) is 27.9. The minimum Gasteiger partial charge on any atom is -0.379 e. The summed E-state index contributed by atoms with van der Waals surface area (Å²) in [5.41, 5.74) is 9.33. The molecule has 1 atom stereocenters. The predicted molar refractivity (Wildman–Crippen MR) is 161 cm³/mol. The van der Waals surface area contributed by atoms with Crippen molar-refractivity contribution in [1.29, 1.82) is 0 Å². The standard InChI is InChI=1S/C29H33ClN10O2/c30-25-13-21(9-11-33-25)38-29(42)24-16-34-27-23(35-18-3-4-18)14-26(39-40(24)27)36-19-5-7-20(8-6-19)37-28(41)22(31)12-17-2-1-10-32-15-17/h1-2,9-11,13-16,18-20,22,35H,3-8,12,31H2,(H,36,39)(H,37,41)(H,33,38,42)/t19-,20-,22-/m1/s1. The van der Waals surface area contributed by atoms with Gasteiger partial charge in [0, 0.05) is 48.5 Å². The number of carbonyl (C=O) groups is 2. The van der Waals surface area contributed by atoms with Crippen LogP contribution in [0, 0.1) is 0 Å². The fraction of sp³-hybridized carbons (Fsp3) is 0.379. The molecule has 4 heterocycles. The van der Waals surface area contributed by atoms with Crippen LogP contribution in [0.4, 0.5) is 17.2 Å². The van der Waals surface area contributed by atoms with Gasteiger partial charge in [-0.1, -0.05) is 17.7 Å². The van der Waals surface area contributed by atoms with Crippen molar-refractivity contribution in [3.8, 4) is 0 Å². The number of pyridine rings is 2. The van der Waals surface area contributed by atoms with Crippen LogP contribution in [0.3, 0.4) is 0 Å². The molecule has 0 saturated heterocycles. The van der Waals surface area contributed by atoms with E-state index in [0.29, 0.717) is 35.3 Å². The van der Waals surface area contributed by atoms with Crippen LogP contribution >= 0.6 is 11.6 Å². The van der Waals surface area contributed by atoms with Crippen LogP contribution in [0.1, 0.15) is 54.6 Å². The Labute approximate surface area is 247 Å². The summed E-state index contributed by atoms with van der Waals surface area (Å²) in [5, 5.41) is 18.1. The topological polar surface area (TPSA) is 164 Å². The Morgan fingerprint density at radius 2 is 1.74 bits per heavy atom. The van der Waals surface area contributed by atoms with Gasteiger partial charge in [0.15, 0.2) is 11.3 Å². The molecule has 12 nitrogen and oxygen atoms in total. The first-order chi connectivity index (χ1) is 20.4. The molecular formula is C29H33ClN10O2. The van der Waals surface area contributed by atoms with Gasteiger partial charge in [0.1, 0.15) is 11.0 Å². The Morgan fingerprint density at radius 1 is 0.976 bits per heavy atom. The van der Waals surface area contributed by atoms with Crippen molar-refractivity contribution in [2.75, 3.05) is 16.0 Å². The van der Waals surface area contributed by atoms with Gasteiger partial charge in [-0.3, -0.25) is 14.6 Å². The summed E-state index contributed by atoms with van der Waals surface area (Å²) >= 11 is 5.98. The maximum atomic E-state index is 13.2. The van der Waals surface area contributed by atoms with E-state index in [-0.39, 0.29) is 29.1 Å². The number of rotatable bonds is 10. The number of nitrogens with two attached hydrogens (primary N) is 1. The third-order valence-electron chi connectivity index (χ3n) is 7.56. The highest BCUT2D eigenvalue weighted by Gasteiger charge is 2.27. The molecule has 6 rings (SSSR count). The lowest BCUT2D eigenvalue weighted by atomic mass is 9.91. The van der Waals surface area contributed by atoms with Crippen LogP contribution in [0.15, 0.2) is 55.1 Å². The molecule has 2 aliphatic carbocycles. The molecule has 0 unspecified atom stereocenters. The summed E-state index contributed by atoms with van der Waals surface area (Å²) in [4.78, 5) is 38.4. The summed E-state index contributed by atoms with van der Waals surface area (Å²) < 4.78 is 1.57. The van der Waals surface area contributed by atoms with Crippen LogP contribution in [-0.4, -0.2) is 60.5 Å². The van der Waals surface area contributed by atoms with Crippen molar-refractivity contribution >= 4 is 46.3 Å². The third kappa shape index (κ3) is 6.77. The molecule has 0 aromatic carbocycles. The number of nitrogens with one attached hydrogen (secondary N) is 4. The normalized spacial score (nSPS) is 19.2. The van der Waals surface area contributed by atoms with Gasteiger partial charge in [0.25, 0.3) is 5.91 Å². The average molecular weight is 589 g/mol. The lowest BCUT2D eigenvalue weighted by Crippen LogP contribution is -2.48. The molecule has 42 heavy (non-hydrogen) atoms. The van der Waals surface area contributed by atoms with Crippen molar-refractivity contribution in [3.63, 3.8) is 0 Å². The second-order valence-electron chi connectivity index (χ2n) is 10.9. The van der Waals surface area contributed by atoms with Crippen LogP contribution < -0.4 is 27.0 Å². The molecule has 2 aliphatic rings. The van der Waals surface area contributed by atoms with Gasteiger partial charge in [0.05, 0.1) is 17.9 Å². The van der Waals surface area contributed by atoms with Crippen LogP contribution in [0.5, 0.6) is 0 Å². The number of aromatic nitrogens is 5. The third-order valence-corrected chi connectivity index (χ3v) is 7.77. The number of carbonyl (C=O) groups excluding carboxylic acids is 2. The minimum absolute atomic E-state index is 0.0728. The van der Waals surface area contributed by atoms with E-state index >= 15 is 0 Å². The summed E-state index contributed by atoms with van der Waals surface area (Å²) in [7, 11) is 0. The number of imidazole rings is 1. The smallest absolute Gasteiger partial charge is 0.276 e. The highest BCUT2D eigenvalue weighted by molar-refractivity contribution is 6.29. The molecule has 4 aromatic rings. The van der Waals surface area contributed by atoms with Gasteiger partial charge in [-0.15, -0.1) is 5.10 Å². The molecule has 0 spiro atoms. The zero-order valence-corrected chi connectivity index (χ0v) is 23.7. The quantitative estimate of drug-likeness (QED) is 0.175. The SMILES string of the molecule is N[C@H](Cc1cccnc1)C(=O)N[C@H]1CC[C@H](Nc2cc(NC3CC3)c3ncc(C(=O)Nc4ccnc(Cl)c4)n3n2)CC1.